The van der Waals surface area contributed by atoms with Gasteiger partial charge in [0.15, 0.2) is 0 Å². The van der Waals surface area contributed by atoms with E-state index in [1.165, 1.54) is 4.88 Å². The second-order valence-electron chi connectivity index (χ2n) is 5.20. The van der Waals surface area contributed by atoms with Crippen LogP contribution in [-0.4, -0.2) is 29.6 Å². The number of hydrogen-bond donors (Lipinski definition) is 1. The zero-order valence-corrected chi connectivity index (χ0v) is 13.3. The van der Waals surface area contributed by atoms with E-state index in [1.54, 1.807) is 24.6 Å². The van der Waals surface area contributed by atoms with Gasteiger partial charge >= 0.3 is 6.03 Å². The molecule has 1 saturated heterocycles. The first-order valence-electron chi connectivity index (χ1n) is 7.35. The molecule has 0 aliphatic carbocycles. The molecule has 2 aromatic heterocycles. The average Bonchev–Trinajstić information content (AvgIpc) is 3.23. The van der Waals surface area contributed by atoms with E-state index in [0.29, 0.717) is 12.4 Å². The summed E-state index contributed by atoms with van der Waals surface area (Å²) in [6.45, 7) is 1.22. The first-order chi connectivity index (χ1) is 10.8. The number of nitrogens with one attached hydrogen (secondary N) is 1. The molecular weight excluding hydrogens is 298 g/mol. The number of nitrogens with zero attached hydrogens (tertiary/aromatic N) is 2. The summed E-state index contributed by atoms with van der Waals surface area (Å²) < 4.78 is 5.21. The van der Waals surface area contributed by atoms with E-state index in [4.69, 9.17) is 4.74 Å². The van der Waals surface area contributed by atoms with E-state index in [1.807, 2.05) is 23.1 Å². The SMILES string of the molecule is COc1ncccc1CNC(=O)N1CCCC1c1cccs1. The van der Waals surface area contributed by atoms with Crippen molar-refractivity contribution in [3.05, 3.63) is 46.3 Å². The van der Waals surface area contributed by atoms with Gasteiger partial charge in [0.25, 0.3) is 0 Å². The number of thiophene rings is 1. The highest BCUT2D eigenvalue weighted by molar-refractivity contribution is 7.10. The fourth-order valence-electron chi connectivity index (χ4n) is 2.80. The van der Waals surface area contributed by atoms with Gasteiger partial charge in [-0.1, -0.05) is 12.1 Å². The van der Waals surface area contributed by atoms with Crippen molar-refractivity contribution in [3.63, 3.8) is 0 Å². The van der Waals surface area contributed by atoms with Crippen LogP contribution in [0.15, 0.2) is 35.8 Å². The predicted octanol–water partition coefficient (Wildman–Crippen LogP) is 3.20. The Bertz CT molecular complexity index is 630. The minimum Gasteiger partial charge on any atom is -0.481 e. The molecule has 1 fully saturated rings. The second-order valence-corrected chi connectivity index (χ2v) is 6.18. The number of urea groups is 1. The Morgan fingerprint density at radius 3 is 3.18 bits per heavy atom. The van der Waals surface area contributed by atoms with Crippen LogP contribution in [0.4, 0.5) is 4.79 Å². The molecule has 0 saturated carbocycles. The van der Waals surface area contributed by atoms with Crippen LogP contribution in [0.5, 0.6) is 5.88 Å². The number of carbonyl (C=O) groups excluding carboxylic acids is 1. The molecule has 2 aromatic rings. The average molecular weight is 317 g/mol. The van der Waals surface area contributed by atoms with Crippen LogP contribution in [0.3, 0.4) is 0 Å². The van der Waals surface area contributed by atoms with E-state index in [9.17, 15) is 4.79 Å². The molecule has 3 heterocycles. The Morgan fingerprint density at radius 2 is 2.41 bits per heavy atom. The Labute approximate surface area is 133 Å². The van der Waals surface area contributed by atoms with Gasteiger partial charge in [0, 0.05) is 29.7 Å². The fourth-order valence-corrected chi connectivity index (χ4v) is 3.67. The Kier molecular flexibility index (Phi) is 4.58. The highest BCUT2D eigenvalue weighted by atomic mass is 32.1. The molecule has 1 aliphatic heterocycles. The van der Waals surface area contributed by atoms with Crippen LogP contribution in [0, 0.1) is 0 Å². The number of ether oxygens (including phenoxy) is 1. The van der Waals surface area contributed by atoms with Crippen molar-refractivity contribution in [2.75, 3.05) is 13.7 Å². The molecule has 0 radical (unpaired) electrons. The molecule has 1 aliphatic rings. The van der Waals surface area contributed by atoms with Crippen molar-refractivity contribution < 1.29 is 9.53 Å². The van der Waals surface area contributed by atoms with Gasteiger partial charge in [-0.15, -0.1) is 11.3 Å². The number of aromatic nitrogens is 1. The predicted molar refractivity (Wildman–Crippen MR) is 86.0 cm³/mol. The summed E-state index contributed by atoms with van der Waals surface area (Å²) in [6.07, 6.45) is 3.76. The van der Waals surface area contributed by atoms with Crippen LogP contribution in [-0.2, 0) is 6.54 Å². The first kappa shape index (κ1) is 14.8. The van der Waals surface area contributed by atoms with Crippen molar-refractivity contribution in [2.24, 2.45) is 0 Å². The third-order valence-corrected chi connectivity index (χ3v) is 4.83. The van der Waals surface area contributed by atoms with Gasteiger partial charge in [0.1, 0.15) is 0 Å². The zero-order valence-electron chi connectivity index (χ0n) is 12.5. The highest BCUT2D eigenvalue weighted by Gasteiger charge is 2.30. The third-order valence-electron chi connectivity index (χ3n) is 3.86. The van der Waals surface area contributed by atoms with Crippen molar-refractivity contribution >= 4 is 17.4 Å². The van der Waals surface area contributed by atoms with Crippen molar-refractivity contribution in [1.29, 1.82) is 0 Å². The summed E-state index contributed by atoms with van der Waals surface area (Å²) >= 11 is 1.71. The summed E-state index contributed by atoms with van der Waals surface area (Å²) in [5, 5.41) is 5.04. The van der Waals surface area contributed by atoms with Gasteiger partial charge in [-0.25, -0.2) is 9.78 Å². The van der Waals surface area contributed by atoms with Crippen molar-refractivity contribution in [2.45, 2.75) is 25.4 Å². The number of methoxy groups -OCH3 is 1. The minimum absolute atomic E-state index is 0.0261. The quantitative estimate of drug-likeness (QED) is 0.942. The van der Waals surface area contributed by atoms with E-state index >= 15 is 0 Å². The Hall–Kier alpha value is -2.08. The van der Waals surface area contributed by atoms with E-state index in [0.717, 1.165) is 24.9 Å². The largest absolute Gasteiger partial charge is 0.481 e. The lowest BCUT2D eigenvalue weighted by Gasteiger charge is -2.24. The van der Waals surface area contributed by atoms with Gasteiger partial charge < -0.3 is 15.0 Å². The minimum atomic E-state index is -0.0261. The van der Waals surface area contributed by atoms with Gasteiger partial charge in [-0.3, -0.25) is 0 Å². The zero-order chi connectivity index (χ0) is 15.4. The summed E-state index contributed by atoms with van der Waals surface area (Å²) in [4.78, 5) is 19.8. The van der Waals surface area contributed by atoms with Gasteiger partial charge in [-0.05, 0) is 30.4 Å². The molecule has 6 heteroatoms. The van der Waals surface area contributed by atoms with Crippen LogP contribution >= 0.6 is 11.3 Å². The number of carbonyl (C=O) groups is 1. The lowest BCUT2D eigenvalue weighted by atomic mass is 10.2. The second kappa shape index (κ2) is 6.79. The highest BCUT2D eigenvalue weighted by Crippen LogP contribution is 2.34. The maximum Gasteiger partial charge on any atom is 0.318 e. The fraction of sp³-hybridized carbons (Fsp3) is 0.375. The van der Waals surface area contributed by atoms with Gasteiger partial charge in [0.2, 0.25) is 5.88 Å². The number of rotatable bonds is 4. The molecule has 1 N–H and O–H groups in total. The lowest BCUT2D eigenvalue weighted by Crippen LogP contribution is -2.39. The number of pyridine rings is 1. The maximum absolute atomic E-state index is 12.5. The molecule has 116 valence electrons. The van der Waals surface area contributed by atoms with Crippen molar-refractivity contribution in [1.82, 2.24) is 15.2 Å². The van der Waals surface area contributed by atoms with Crippen molar-refractivity contribution in [3.8, 4) is 5.88 Å². The summed E-state index contributed by atoms with van der Waals surface area (Å²) in [5.74, 6) is 0.555. The Balaban J connectivity index is 1.64. The summed E-state index contributed by atoms with van der Waals surface area (Å²) in [5.41, 5.74) is 0.880. The van der Waals surface area contributed by atoms with E-state index < -0.39 is 0 Å². The molecule has 0 aromatic carbocycles. The third kappa shape index (κ3) is 3.06. The summed E-state index contributed by atoms with van der Waals surface area (Å²) in [7, 11) is 1.58. The molecular formula is C16H19N3O2S. The summed E-state index contributed by atoms with van der Waals surface area (Å²) in [6, 6.07) is 8.07. The standard InChI is InChI=1S/C16H19N3O2S/c1-21-15-12(5-2-8-17-15)11-18-16(20)19-9-3-6-13(19)14-7-4-10-22-14/h2,4-5,7-8,10,13H,3,6,9,11H2,1H3,(H,18,20). The molecule has 22 heavy (non-hydrogen) atoms. The van der Waals surface area contributed by atoms with Gasteiger partial charge in [-0.2, -0.15) is 0 Å². The first-order valence-corrected chi connectivity index (χ1v) is 8.23. The number of likely N-dealkylation sites (tertiary alicyclic amines) is 1. The van der Waals surface area contributed by atoms with Crippen LogP contribution in [0.25, 0.3) is 0 Å². The van der Waals surface area contributed by atoms with E-state index in [2.05, 4.69) is 21.7 Å². The molecule has 1 atom stereocenters. The normalized spacial score (nSPS) is 17.5. The smallest absolute Gasteiger partial charge is 0.318 e. The van der Waals surface area contributed by atoms with Crippen LogP contribution < -0.4 is 10.1 Å². The number of amides is 2. The molecule has 0 bridgehead atoms. The van der Waals surface area contributed by atoms with Gasteiger partial charge in [0.05, 0.1) is 13.2 Å². The van der Waals surface area contributed by atoms with E-state index in [-0.39, 0.29) is 12.1 Å². The lowest BCUT2D eigenvalue weighted by molar-refractivity contribution is 0.193. The maximum atomic E-state index is 12.5. The molecule has 0 spiro atoms. The number of hydrogen-bond acceptors (Lipinski definition) is 4. The molecule has 1 unspecified atom stereocenters. The van der Waals surface area contributed by atoms with Crippen LogP contribution in [0.2, 0.25) is 0 Å². The van der Waals surface area contributed by atoms with Crippen LogP contribution in [0.1, 0.15) is 29.3 Å². The molecule has 2 amide bonds. The molecule has 3 rings (SSSR count). The molecule has 5 nitrogen and oxygen atoms in total. The topological polar surface area (TPSA) is 54.5 Å². The monoisotopic (exact) mass is 317 g/mol. The Morgan fingerprint density at radius 1 is 1.50 bits per heavy atom.